The van der Waals surface area contributed by atoms with Gasteiger partial charge < -0.3 is 10.2 Å². The van der Waals surface area contributed by atoms with Crippen LogP contribution in [0.4, 0.5) is 0 Å². The normalized spacial score (nSPS) is 13.4. The van der Waals surface area contributed by atoms with E-state index in [9.17, 15) is 0 Å². The molecular weight excluding hydrogens is 190 g/mol. The third kappa shape index (κ3) is 3.30. The summed E-state index contributed by atoms with van der Waals surface area (Å²) in [7, 11) is 0. The van der Waals surface area contributed by atoms with E-state index in [-0.39, 0.29) is 6.04 Å². The Labute approximate surface area is 91.3 Å². The van der Waals surface area contributed by atoms with Crippen molar-refractivity contribution in [2.24, 2.45) is 5.73 Å². The summed E-state index contributed by atoms with van der Waals surface area (Å²) in [5, 5.41) is 8.04. The van der Waals surface area contributed by atoms with E-state index < -0.39 is 0 Å². The van der Waals surface area contributed by atoms with E-state index in [1.807, 2.05) is 6.92 Å². The van der Waals surface area contributed by atoms with Crippen LogP contribution < -0.4 is 5.73 Å². The van der Waals surface area contributed by atoms with Crippen molar-refractivity contribution in [2.75, 3.05) is 0 Å². The Morgan fingerprint density at radius 3 is 2.07 bits per heavy atom. The van der Waals surface area contributed by atoms with Gasteiger partial charge in [0.1, 0.15) is 0 Å². The first-order valence-electron chi connectivity index (χ1n) is 5.77. The van der Waals surface area contributed by atoms with Crippen molar-refractivity contribution in [3.8, 4) is 0 Å². The molecule has 4 heteroatoms. The Kier molecular flexibility index (Phi) is 4.75. The minimum absolute atomic E-state index is 0.171. The largest absolute Gasteiger partial charge is 0.423 e. The predicted molar refractivity (Wildman–Crippen MR) is 59.5 cm³/mol. The van der Waals surface area contributed by atoms with Gasteiger partial charge in [-0.1, -0.05) is 26.7 Å². The van der Waals surface area contributed by atoms with Gasteiger partial charge in [-0.15, -0.1) is 10.2 Å². The summed E-state index contributed by atoms with van der Waals surface area (Å²) < 4.78 is 5.57. The summed E-state index contributed by atoms with van der Waals surface area (Å²) >= 11 is 0. The molecule has 1 heterocycles. The third-order valence-corrected chi connectivity index (χ3v) is 2.47. The van der Waals surface area contributed by atoms with Gasteiger partial charge in [-0.3, -0.25) is 0 Å². The number of nitrogens with zero attached hydrogens (tertiary/aromatic N) is 2. The molecule has 86 valence electrons. The lowest BCUT2D eigenvalue weighted by molar-refractivity contribution is 0.377. The van der Waals surface area contributed by atoms with Gasteiger partial charge in [-0.2, -0.15) is 0 Å². The fourth-order valence-corrected chi connectivity index (χ4v) is 1.68. The van der Waals surface area contributed by atoms with E-state index in [4.69, 9.17) is 10.2 Å². The highest BCUT2D eigenvalue weighted by Crippen LogP contribution is 2.25. The highest BCUT2D eigenvalue weighted by Gasteiger charge is 2.18. The molecule has 0 amide bonds. The third-order valence-electron chi connectivity index (χ3n) is 2.47. The van der Waals surface area contributed by atoms with Gasteiger partial charge in [-0.05, 0) is 19.8 Å². The molecule has 0 bridgehead atoms. The van der Waals surface area contributed by atoms with Gasteiger partial charge in [0.2, 0.25) is 11.8 Å². The molecule has 0 aromatic carbocycles. The summed E-state index contributed by atoms with van der Waals surface area (Å²) in [5.74, 6) is 1.70. The first-order valence-corrected chi connectivity index (χ1v) is 5.77. The zero-order valence-electron chi connectivity index (χ0n) is 9.86. The summed E-state index contributed by atoms with van der Waals surface area (Å²) in [4.78, 5) is 0. The molecule has 0 saturated carbocycles. The maximum absolute atomic E-state index is 5.68. The molecule has 0 aliphatic carbocycles. The maximum atomic E-state index is 5.68. The molecule has 1 aromatic heterocycles. The highest BCUT2D eigenvalue weighted by atomic mass is 16.4. The average Bonchev–Trinajstić information content (AvgIpc) is 2.66. The molecule has 0 saturated heterocycles. The van der Waals surface area contributed by atoms with Gasteiger partial charge in [0.15, 0.2) is 0 Å². The summed E-state index contributed by atoms with van der Waals surface area (Å²) in [6.45, 7) is 6.20. The molecule has 0 aliphatic rings. The number of nitrogens with two attached hydrogens (primary N) is 1. The van der Waals surface area contributed by atoms with Crippen molar-refractivity contribution < 1.29 is 4.42 Å². The molecule has 1 atom stereocenters. The lowest BCUT2D eigenvalue weighted by Crippen LogP contribution is -2.04. The second-order valence-electron chi connectivity index (χ2n) is 4.04. The number of hydrogen-bond acceptors (Lipinski definition) is 4. The maximum Gasteiger partial charge on any atom is 0.232 e. The Balaban J connectivity index is 2.72. The quantitative estimate of drug-likeness (QED) is 0.785. The van der Waals surface area contributed by atoms with Crippen LogP contribution in [0.3, 0.4) is 0 Å². The molecule has 0 fully saturated rings. The van der Waals surface area contributed by atoms with Crippen LogP contribution in [-0.2, 0) is 0 Å². The SMILES string of the molecule is CCCC(CCC)c1nnc([C@H](C)N)o1. The molecule has 0 aliphatic heterocycles. The van der Waals surface area contributed by atoms with Crippen molar-refractivity contribution in [1.29, 1.82) is 0 Å². The molecule has 0 spiro atoms. The van der Waals surface area contributed by atoms with Crippen LogP contribution in [0.1, 0.15) is 70.2 Å². The van der Waals surface area contributed by atoms with Crippen LogP contribution in [0.5, 0.6) is 0 Å². The van der Waals surface area contributed by atoms with Crippen LogP contribution in [0.2, 0.25) is 0 Å². The molecule has 15 heavy (non-hydrogen) atoms. The first kappa shape index (κ1) is 12.2. The number of hydrogen-bond donors (Lipinski definition) is 1. The number of rotatable bonds is 6. The zero-order chi connectivity index (χ0) is 11.3. The second-order valence-corrected chi connectivity index (χ2v) is 4.04. The van der Waals surface area contributed by atoms with Gasteiger partial charge in [-0.25, -0.2) is 0 Å². The van der Waals surface area contributed by atoms with Crippen molar-refractivity contribution in [1.82, 2.24) is 10.2 Å². The Hall–Kier alpha value is -0.900. The van der Waals surface area contributed by atoms with E-state index >= 15 is 0 Å². The number of aromatic nitrogens is 2. The molecule has 2 N–H and O–H groups in total. The summed E-state index contributed by atoms with van der Waals surface area (Å²) in [6, 6.07) is -0.171. The Morgan fingerprint density at radius 1 is 1.13 bits per heavy atom. The fraction of sp³-hybridized carbons (Fsp3) is 0.818. The van der Waals surface area contributed by atoms with Crippen molar-refractivity contribution in [3.63, 3.8) is 0 Å². The Morgan fingerprint density at radius 2 is 1.67 bits per heavy atom. The van der Waals surface area contributed by atoms with Crippen LogP contribution in [0.25, 0.3) is 0 Å². The van der Waals surface area contributed by atoms with Crippen LogP contribution >= 0.6 is 0 Å². The minimum Gasteiger partial charge on any atom is -0.423 e. The first-order chi connectivity index (χ1) is 7.19. The van der Waals surface area contributed by atoms with Crippen LogP contribution in [-0.4, -0.2) is 10.2 Å². The zero-order valence-corrected chi connectivity index (χ0v) is 9.86. The Bertz CT molecular complexity index is 277. The average molecular weight is 211 g/mol. The summed E-state index contributed by atoms with van der Waals surface area (Å²) in [6.07, 6.45) is 4.49. The second kappa shape index (κ2) is 5.85. The van der Waals surface area contributed by atoms with Crippen molar-refractivity contribution in [2.45, 2.75) is 58.4 Å². The monoisotopic (exact) mass is 211 g/mol. The van der Waals surface area contributed by atoms with Gasteiger partial charge in [0, 0.05) is 5.92 Å². The lowest BCUT2D eigenvalue weighted by Gasteiger charge is -2.09. The van der Waals surface area contributed by atoms with Crippen LogP contribution in [0, 0.1) is 0 Å². The molecule has 1 rings (SSSR count). The van der Waals surface area contributed by atoms with E-state index in [0.29, 0.717) is 11.8 Å². The van der Waals surface area contributed by atoms with E-state index in [2.05, 4.69) is 24.0 Å². The van der Waals surface area contributed by atoms with Gasteiger partial charge in [0.05, 0.1) is 6.04 Å². The predicted octanol–water partition coefficient (Wildman–Crippen LogP) is 2.77. The lowest BCUT2D eigenvalue weighted by atomic mass is 9.98. The highest BCUT2D eigenvalue weighted by molar-refractivity contribution is 4.93. The van der Waals surface area contributed by atoms with Crippen LogP contribution in [0.15, 0.2) is 4.42 Å². The minimum atomic E-state index is -0.171. The van der Waals surface area contributed by atoms with E-state index in [1.165, 1.54) is 0 Å². The topological polar surface area (TPSA) is 64.9 Å². The molecule has 0 radical (unpaired) electrons. The van der Waals surface area contributed by atoms with Crippen molar-refractivity contribution in [3.05, 3.63) is 11.8 Å². The molecule has 0 unspecified atom stereocenters. The fourth-order valence-electron chi connectivity index (χ4n) is 1.68. The summed E-state index contributed by atoms with van der Waals surface area (Å²) in [5.41, 5.74) is 5.68. The van der Waals surface area contributed by atoms with E-state index in [1.54, 1.807) is 0 Å². The van der Waals surface area contributed by atoms with Gasteiger partial charge in [0.25, 0.3) is 0 Å². The molecular formula is C11H21N3O. The van der Waals surface area contributed by atoms with E-state index in [0.717, 1.165) is 31.6 Å². The molecule has 4 nitrogen and oxygen atoms in total. The van der Waals surface area contributed by atoms with Gasteiger partial charge >= 0.3 is 0 Å². The standard InChI is InChI=1S/C11H21N3O/c1-4-6-9(7-5-2)11-14-13-10(15-11)8(3)12/h8-9H,4-7,12H2,1-3H3/t8-/m0/s1. The van der Waals surface area contributed by atoms with Crippen molar-refractivity contribution >= 4 is 0 Å². The molecule has 1 aromatic rings. The smallest absolute Gasteiger partial charge is 0.232 e.